The van der Waals surface area contributed by atoms with Crippen LogP contribution < -0.4 is 4.80 Å². The van der Waals surface area contributed by atoms with Gasteiger partial charge in [0.15, 0.2) is 0 Å². The van der Waals surface area contributed by atoms with Gasteiger partial charge in [-0.05, 0) is 53.2 Å². The zero-order chi connectivity index (χ0) is 24.3. The zero-order valence-corrected chi connectivity index (χ0v) is 22.5. The molecule has 7 nitrogen and oxygen atoms in total. The van der Waals surface area contributed by atoms with Crippen LogP contribution in [0.5, 0.6) is 0 Å². The van der Waals surface area contributed by atoms with Gasteiger partial charge >= 0.3 is 0 Å². The molecular formula is C24H21BrN4O3S3. The maximum Gasteiger partial charge on any atom is 0.243 e. The average Bonchev–Trinajstić information content (AvgIpc) is 3.54. The Bertz CT molecular complexity index is 1480. The first kappa shape index (κ1) is 24.3. The smallest absolute Gasteiger partial charge is 0.243 e. The van der Waals surface area contributed by atoms with Crippen molar-refractivity contribution in [2.75, 3.05) is 26.3 Å². The number of rotatable bonds is 6. The van der Waals surface area contributed by atoms with E-state index in [1.165, 1.54) is 15.6 Å². The van der Waals surface area contributed by atoms with Crippen molar-refractivity contribution in [3.63, 3.8) is 0 Å². The Hall–Kier alpha value is -2.41. The molecule has 5 rings (SSSR count). The number of ether oxygens (including phenoxy) is 1. The first-order valence-electron chi connectivity index (χ1n) is 10.8. The van der Waals surface area contributed by atoms with E-state index >= 15 is 0 Å². The Balaban J connectivity index is 1.50. The summed E-state index contributed by atoms with van der Waals surface area (Å²) >= 11 is 6.57. The number of sulfonamides is 1. The molecule has 4 aromatic rings. The summed E-state index contributed by atoms with van der Waals surface area (Å²) in [4.78, 5) is 5.71. The zero-order valence-electron chi connectivity index (χ0n) is 18.5. The van der Waals surface area contributed by atoms with Gasteiger partial charge in [-0.3, -0.25) is 0 Å². The standard InChI is InChI=1S/C24H21BrN4O3S3/c25-20-3-1-19(2-4-20)23-17-34-24(29(23)26-15-18-9-14-33-16-18)27-21-5-7-22(8-6-21)35(30,31)28-10-12-32-13-11-28/h1-9,14-17H,10-13H2. The topological polar surface area (TPSA) is 76.3 Å². The summed E-state index contributed by atoms with van der Waals surface area (Å²) in [6.45, 7) is 1.56. The normalized spacial score (nSPS) is 15.7. The van der Waals surface area contributed by atoms with Crippen LogP contribution in [0.25, 0.3) is 11.3 Å². The lowest BCUT2D eigenvalue weighted by Gasteiger charge is -2.26. The van der Waals surface area contributed by atoms with Crippen LogP contribution in [0.2, 0.25) is 0 Å². The highest BCUT2D eigenvalue weighted by Gasteiger charge is 2.26. The summed E-state index contributed by atoms with van der Waals surface area (Å²) in [5, 5.41) is 10.8. The molecule has 0 unspecified atom stereocenters. The molecule has 0 aliphatic carbocycles. The monoisotopic (exact) mass is 588 g/mol. The van der Waals surface area contributed by atoms with E-state index in [0.717, 1.165) is 21.3 Å². The second-order valence-corrected chi connectivity index (χ2v) is 12.1. The number of halogens is 1. The fraction of sp³-hybridized carbons (Fsp3) is 0.167. The highest BCUT2D eigenvalue weighted by Crippen LogP contribution is 2.24. The van der Waals surface area contributed by atoms with Crippen molar-refractivity contribution in [3.05, 3.63) is 85.6 Å². The highest BCUT2D eigenvalue weighted by molar-refractivity contribution is 9.10. The van der Waals surface area contributed by atoms with Gasteiger partial charge in [0.05, 0.1) is 35.7 Å². The Morgan fingerprint density at radius 3 is 2.40 bits per heavy atom. The summed E-state index contributed by atoms with van der Waals surface area (Å²) in [6, 6.07) is 16.7. The van der Waals surface area contributed by atoms with Crippen molar-refractivity contribution in [3.8, 4) is 11.3 Å². The molecule has 0 saturated carbocycles. The number of hydrogen-bond donors (Lipinski definition) is 0. The van der Waals surface area contributed by atoms with Crippen LogP contribution >= 0.6 is 38.6 Å². The summed E-state index contributed by atoms with van der Waals surface area (Å²) in [5.41, 5.74) is 3.59. The molecular weight excluding hydrogens is 568 g/mol. The van der Waals surface area contributed by atoms with E-state index in [2.05, 4.69) is 15.9 Å². The molecule has 1 saturated heterocycles. The molecule has 11 heteroatoms. The maximum atomic E-state index is 12.9. The third-order valence-corrected chi connectivity index (χ3v) is 9.32. The van der Waals surface area contributed by atoms with Crippen LogP contribution in [-0.2, 0) is 14.8 Å². The lowest BCUT2D eigenvalue weighted by molar-refractivity contribution is 0.0730. The summed E-state index contributed by atoms with van der Waals surface area (Å²) < 4.78 is 35.4. The van der Waals surface area contributed by atoms with E-state index < -0.39 is 10.0 Å². The minimum atomic E-state index is -3.55. The molecule has 180 valence electrons. The molecule has 0 amide bonds. The second kappa shape index (κ2) is 10.7. The van der Waals surface area contributed by atoms with Crippen molar-refractivity contribution in [2.45, 2.75) is 4.90 Å². The van der Waals surface area contributed by atoms with Crippen molar-refractivity contribution < 1.29 is 13.2 Å². The Labute approximate surface area is 219 Å². The van der Waals surface area contributed by atoms with Gasteiger partial charge in [0.2, 0.25) is 14.8 Å². The number of hydrogen-bond acceptors (Lipinski definition) is 7. The molecule has 0 N–H and O–H groups in total. The van der Waals surface area contributed by atoms with Gasteiger partial charge in [0, 0.05) is 34.1 Å². The first-order valence-corrected chi connectivity index (χ1v) is 14.8. The van der Waals surface area contributed by atoms with E-state index in [1.54, 1.807) is 35.6 Å². The van der Waals surface area contributed by atoms with E-state index in [0.29, 0.717) is 36.8 Å². The van der Waals surface area contributed by atoms with Crippen LogP contribution in [0, 0.1) is 0 Å². The van der Waals surface area contributed by atoms with E-state index in [9.17, 15) is 8.42 Å². The predicted molar refractivity (Wildman–Crippen MR) is 144 cm³/mol. The molecule has 0 radical (unpaired) electrons. The fourth-order valence-electron chi connectivity index (χ4n) is 3.52. The first-order chi connectivity index (χ1) is 17.0. The van der Waals surface area contributed by atoms with Gasteiger partial charge in [0.1, 0.15) is 0 Å². The lowest BCUT2D eigenvalue weighted by atomic mass is 10.2. The third-order valence-electron chi connectivity index (χ3n) is 5.36. The van der Waals surface area contributed by atoms with Crippen molar-refractivity contribution >= 4 is 60.5 Å². The molecule has 2 aromatic carbocycles. The molecule has 1 aliphatic heterocycles. The van der Waals surface area contributed by atoms with E-state index in [4.69, 9.17) is 14.8 Å². The number of morpholine rings is 1. The summed E-state index contributed by atoms with van der Waals surface area (Å²) in [5.74, 6) is 0. The van der Waals surface area contributed by atoms with Gasteiger partial charge in [-0.25, -0.2) is 18.1 Å². The van der Waals surface area contributed by atoms with Gasteiger partial charge in [-0.15, -0.1) is 11.3 Å². The minimum Gasteiger partial charge on any atom is -0.379 e. The SMILES string of the molecule is O=S(=O)(c1ccc(N=c2scc(-c3ccc(Br)cc3)n2N=Cc2ccsc2)cc1)N1CCOCC1. The molecule has 3 heterocycles. The summed E-state index contributed by atoms with van der Waals surface area (Å²) in [7, 11) is -3.55. The molecule has 35 heavy (non-hydrogen) atoms. The van der Waals surface area contributed by atoms with Crippen LogP contribution in [-0.4, -0.2) is 49.9 Å². The average molecular weight is 590 g/mol. The number of thiophene rings is 1. The molecule has 0 atom stereocenters. The van der Waals surface area contributed by atoms with Crippen molar-refractivity contribution in [2.24, 2.45) is 10.1 Å². The lowest BCUT2D eigenvalue weighted by Crippen LogP contribution is -2.40. The Morgan fingerprint density at radius 2 is 1.71 bits per heavy atom. The van der Waals surface area contributed by atoms with Gasteiger partial charge in [-0.1, -0.05) is 28.1 Å². The highest BCUT2D eigenvalue weighted by atomic mass is 79.9. The van der Waals surface area contributed by atoms with Gasteiger partial charge in [-0.2, -0.15) is 20.7 Å². The fourth-order valence-corrected chi connectivity index (χ4v) is 6.66. The molecule has 2 aromatic heterocycles. The Morgan fingerprint density at radius 1 is 0.971 bits per heavy atom. The van der Waals surface area contributed by atoms with Gasteiger partial charge < -0.3 is 4.74 Å². The number of nitrogens with zero attached hydrogens (tertiary/aromatic N) is 4. The maximum absolute atomic E-state index is 12.9. The van der Waals surface area contributed by atoms with Crippen LogP contribution in [0.3, 0.4) is 0 Å². The molecule has 0 bridgehead atoms. The largest absolute Gasteiger partial charge is 0.379 e. The predicted octanol–water partition coefficient (Wildman–Crippen LogP) is 5.18. The van der Waals surface area contributed by atoms with Crippen molar-refractivity contribution in [1.29, 1.82) is 0 Å². The second-order valence-electron chi connectivity index (χ2n) is 7.65. The minimum absolute atomic E-state index is 0.253. The van der Waals surface area contributed by atoms with Gasteiger partial charge in [0.25, 0.3) is 0 Å². The van der Waals surface area contributed by atoms with Crippen LogP contribution in [0.4, 0.5) is 5.69 Å². The third kappa shape index (κ3) is 5.55. The van der Waals surface area contributed by atoms with Crippen molar-refractivity contribution in [1.82, 2.24) is 8.98 Å². The van der Waals surface area contributed by atoms with Crippen LogP contribution in [0.15, 0.2) is 90.2 Å². The number of thiazole rings is 1. The van der Waals surface area contributed by atoms with E-state index in [1.807, 2.05) is 57.4 Å². The Kier molecular flexibility index (Phi) is 7.42. The number of aromatic nitrogens is 1. The van der Waals surface area contributed by atoms with E-state index in [-0.39, 0.29) is 4.90 Å². The quantitative estimate of drug-likeness (QED) is 0.291. The summed E-state index contributed by atoms with van der Waals surface area (Å²) in [6.07, 6.45) is 1.81. The van der Waals surface area contributed by atoms with Crippen LogP contribution in [0.1, 0.15) is 5.56 Å². The molecule has 0 spiro atoms. The molecule has 1 fully saturated rings. The number of benzene rings is 2. The molecule has 1 aliphatic rings.